The van der Waals surface area contributed by atoms with E-state index in [1.807, 2.05) is 0 Å². The van der Waals surface area contributed by atoms with Crippen molar-refractivity contribution in [1.82, 2.24) is 5.32 Å². The molecular weight excluding hydrogens is 150 g/mol. The number of nitrogens with one attached hydrogen (secondary N) is 1. The van der Waals surface area contributed by atoms with Crippen LogP contribution in [0.2, 0.25) is 0 Å². The molecule has 1 aliphatic heterocycles. The maximum absolute atomic E-state index is 11.2. The van der Waals surface area contributed by atoms with Gasteiger partial charge in [0.25, 0.3) is 0 Å². The van der Waals surface area contributed by atoms with E-state index in [1.54, 1.807) is 6.92 Å². The minimum atomic E-state index is 0.133. The molecule has 0 aliphatic carbocycles. The van der Waals surface area contributed by atoms with Gasteiger partial charge in [-0.05, 0) is 40.5 Å². The lowest BCUT2D eigenvalue weighted by Gasteiger charge is -2.39. The molecule has 0 spiro atoms. The van der Waals surface area contributed by atoms with Gasteiger partial charge in [-0.2, -0.15) is 0 Å². The van der Waals surface area contributed by atoms with Crippen molar-refractivity contribution in [2.45, 2.75) is 52.1 Å². The van der Waals surface area contributed by atoms with Crippen LogP contribution >= 0.6 is 0 Å². The van der Waals surface area contributed by atoms with Gasteiger partial charge in [0.1, 0.15) is 5.78 Å². The molecule has 0 aromatic heterocycles. The lowest BCUT2D eigenvalue weighted by atomic mass is 9.80. The standard InChI is InChI=1S/C10H19NO/c1-7-5-9(8(2)12)6-10(3,4)11-7/h7,9,11H,5-6H2,1-4H3. The Morgan fingerprint density at radius 2 is 2.08 bits per heavy atom. The van der Waals surface area contributed by atoms with E-state index in [9.17, 15) is 4.79 Å². The smallest absolute Gasteiger partial charge is 0.133 e. The quantitative estimate of drug-likeness (QED) is 0.648. The average molecular weight is 169 g/mol. The van der Waals surface area contributed by atoms with Gasteiger partial charge in [0.05, 0.1) is 0 Å². The number of ketones is 1. The van der Waals surface area contributed by atoms with Gasteiger partial charge < -0.3 is 5.32 Å². The highest BCUT2D eigenvalue weighted by Gasteiger charge is 2.33. The Balaban J connectivity index is 2.64. The van der Waals surface area contributed by atoms with E-state index in [4.69, 9.17) is 0 Å². The van der Waals surface area contributed by atoms with E-state index >= 15 is 0 Å². The fourth-order valence-corrected chi connectivity index (χ4v) is 2.22. The second-order valence-electron chi connectivity index (χ2n) is 4.68. The van der Waals surface area contributed by atoms with Crippen LogP contribution in [0.15, 0.2) is 0 Å². The fraction of sp³-hybridized carbons (Fsp3) is 0.900. The van der Waals surface area contributed by atoms with Gasteiger partial charge in [-0.3, -0.25) is 4.79 Å². The van der Waals surface area contributed by atoms with Crippen molar-refractivity contribution >= 4 is 5.78 Å². The van der Waals surface area contributed by atoms with E-state index in [0.29, 0.717) is 11.8 Å². The van der Waals surface area contributed by atoms with Gasteiger partial charge >= 0.3 is 0 Å². The first-order valence-electron chi connectivity index (χ1n) is 4.69. The second-order valence-corrected chi connectivity index (χ2v) is 4.68. The summed E-state index contributed by atoms with van der Waals surface area (Å²) in [6.07, 6.45) is 1.98. The number of carbonyl (C=O) groups is 1. The average Bonchev–Trinajstić information content (AvgIpc) is 1.82. The molecule has 2 unspecified atom stereocenters. The van der Waals surface area contributed by atoms with Crippen molar-refractivity contribution in [3.8, 4) is 0 Å². The van der Waals surface area contributed by atoms with Gasteiger partial charge in [-0.25, -0.2) is 0 Å². The SMILES string of the molecule is CC(=O)C1CC(C)NC(C)(C)C1. The maximum atomic E-state index is 11.2. The van der Waals surface area contributed by atoms with Crippen molar-refractivity contribution in [3.05, 3.63) is 0 Å². The molecule has 0 aromatic rings. The number of Topliss-reactive ketones (excluding diaryl/α,β-unsaturated/α-hetero) is 1. The Morgan fingerprint density at radius 3 is 2.50 bits per heavy atom. The van der Waals surface area contributed by atoms with Crippen molar-refractivity contribution in [3.63, 3.8) is 0 Å². The summed E-state index contributed by atoms with van der Waals surface area (Å²) in [6, 6.07) is 0.475. The predicted molar refractivity (Wildman–Crippen MR) is 50.1 cm³/mol. The van der Waals surface area contributed by atoms with Crippen LogP contribution in [0.1, 0.15) is 40.5 Å². The van der Waals surface area contributed by atoms with E-state index in [2.05, 4.69) is 26.1 Å². The molecule has 1 heterocycles. The van der Waals surface area contributed by atoms with Crippen LogP contribution in [-0.4, -0.2) is 17.4 Å². The van der Waals surface area contributed by atoms with Crippen molar-refractivity contribution in [2.24, 2.45) is 5.92 Å². The third kappa shape index (κ3) is 2.31. The summed E-state index contributed by atoms with van der Waals surface area (Å²) < 4.78 is 0. The molecule has 0 saturated carbocycles. The maximum Gasteiger partial charge on any atom is 0.133 e. The largest absolute Gasteiger partial charge is 0.309 e. The zero-order valence-corrected chi connectivity index (χ0v) is 8.48. The van der Waals surface area contributed by atoms with Crippen molar-refractivity contribution in [2.75, 3.05) is 0 Å². The third-order valence-electron chi connectivity index (χ3n) is 2.61. The molecule has 1 N–H and O–H groups in total. The molecule has 1 fully saturated rings. The van der Waals surface area contributed by atoms with Gasteiger partial charge in [0.2, 0.25) is 0 Å². The van der Waals surface area contributed by atoms with Gasteiger partial charge in [-0.15, -0.1) is 0 Å². The highest BCUT2D eigenvalue weighted by Crippen LogP contribution is 2.27. The van der Waals surface area contributed by atoms with E-state index in [0.717, 1.165) is 12.8 Å². The molecule has 1 saturated heterocycles. The van der Waals surface area contributed by atoms with E-state index in [-0.39, 0.29) is 11.5 Å². The fourth-order valence-electron chi connectivity index (χ4n) is 2.22. The highest BCUT2D eigenvalue weighted by molar-refractivity contribution is 5.78. The third-order valence-corrected chi connectivity index (χ3v) is 2.61. The summed E-state index contributed by atoms with van der Waals surface area (Å²) in [5.74, 6) is 0.618. The first-order valence-corrected chi connectivity index (χ1v) is 4.69. The molecule has 12 heavy (non-hydrogen) atoms. The van der Waals surface area contributed by atoms with Gasteiger partial charge in [-0.1, -0.05) is 0 Å². The number of hydrogen-bond donors (Lipinski definition) is 1. The molecule has 1 aliphatic rings. The zero-order chi connectivity index (χ0) is 9.35. The molecule has 70 valence electrons. The predicted octanol–water partition coefficient (Wildman–Crippen LogP) is 1.74. The topological polar surface area (TPSA) is 29.1 Å². The molecule has 0 bridgehead atoms. The van der Waals surface area contributed by atoms with Gasteiger partial charge in [0.15, 0.2) is 0 Å². The summed E-state index contributed by atoms with van der Waals surface area (Å²) in [5.41, 5.74) is 0.133. The number of hydrogen-bond acceptors (Lipinski definition) is 2. The van der Waals surface area contributed by atoms with Crippen LogP contribution in [-0.2, 0) is 4.79 Å². The van der Waals surface area contributed by atoms with Crippen LogP contribution in [0, 0.1) is 5.92 Å². The van der Waals surface area contributed by atoms with Crippen LogP contribution in [0.4, 0.5) is 0 Å². The Hall–Kier alpha value is -0.370. The monoisotopic (exact) mass is 169 g/mol. The summed E-state index contributed by atoms with van der Waals surface area (Å²) >= 11 is 0. The van der Waals surface area contributed by atoms with E-state index in [1.165, 1.54) is 0 Å². The first kappa shape index (κ1) is 9.72. The number of rotatable bonds is 1. The normalized spacial score (nSPS) is 34.7. The molecule has 0 radical (unpaired) electrons. The molecule has 2 atom stereocenters. The summed E-state index contributed by atoms with van der Waals surface area (Å²) in [5, 5.41) is 3.49. The highest BCUT2D eigenvalue weighted by atomic mass is 16.1. The molecule has 2 nitrogen and oxygen atoms in total. The number of piperidine rings is 1. The summed E-state index contributed by atoms with van der Waals surface area (Å²) in [4.78, 5) is 11.2. The minimum Gasteiger partial charge on any atom is -0.309 e. The minimum absolute atomic E-state index is 0.133. The lowest BCUT2D eigenvalue weighted by molar-refractivity contribution is -0.122. The first-order chi connectivity index (χ1) is 5.41. The van der Waals surface area contributed by atoms with Crippen LogP contribution in [0.5, 0.6) is 0 Å². The Bertz CT molecular complexity index is 186. The van der Waals surface area contributed by atoms with Crippen LogP contribution < -0.4 is 5.32 Å². The molecule has 0 aromatic carbocycles. The number of carbonyl (C=O) groups excluding carboxylic acids is 1. The molecule has 1 rings (SSSR count). The second kappa shape index (κ2) is 3.17. The Morgan fingerprint density at radius 1 is 1.50 bits per heavy atom. The summed E-state index contributed by atoms with van der Waals surface area (Å²) in [6.45, 7) is 8.19. The molecular formula is C10H19NO. The van der Waals surface area contributed by atoms with Crippen molar-refractivity contribution < 1.29 is 4.79 Å². The molecule has 0 amide bonds. The summed E-state index contributed by atoms with van der Waals surface area (Å²) in [7, 11) is 0. The Labute approximate surface area is 74.7 Å². The molecule has 2 heteroatoms. The zero-order valence-electron chi connectivity index (χ0n) is 8.48. The van der Waals surface area contributed by atoms with Crippen LogP contribution in [0.25, 0.3) is 0 Å². The van der Waals surface area contributed by atoms with Gasteiger partial charge in [0, 0.05) is 17.5 Å². The Kier molecular flexibility index (Phi) is 2.57. The lowest BCUT2D eigenvalue weighted by Crippen LogP contribution is -2.52. The van der Waals surface area contributed by atoms with Crippen LogP contribution in [0.3, 0.4) is 0 Å². The van der Waals surface area contributed by atoms with Crippen molar-refractivity contribution in [1.29, 1.82) is 0 Å². The van der Waals surface area contributed by atoms with E-state index < -0.39 is 0 Å².